The monoisotopic (exact) mass is 284 g/mol. The first-order valence-corrected chi connectivity index (χ1v) is 6.84. The molecule has 106 valence electrons. The Morgan fingerprint density at radius 1 is 1.47 bits per heavy atom. The minimum atomic E-state index is -0.162. The second kappa shape index (κ2) is 7.89. The molecule has 1 aromatic rings. The van der Waals surface area contributed by atoms with Crippen LogP contribution < -0.4 is 15.4 Å². The standard InChI is InChI=1S/C14H21ClN2O2/c1-4-11(3)17-14(18)16-7-8-19-12-5-6-13(15)10(2)9-12/h5-6,9,11H,4,7-8H2,1-3H3,(H2,16,17,18). The maximum atomic E-state index is 11.4. The summed E-state index contributed by atoms with van der Waals surface area (Å²) in [6, 6.07) is 5.51. The van der Waals surface area contributed by atoms with Crippen molar-refractivity contribution in [2.24, 2.45) is 0 Å². The van der Waals surface area contributed by atoms with Crippen LogP contribution in [0.2, 0.25) is 5.02 Å². The maximum Gasteiger partial charge on any atom is 0.315 e. The molecule has 0 spiro atoms. The van der Waals surface area contributed by atoms with E-state index in [1.165, 1.54) is 0 Å². The fourth-order valence-electron chi connectivity index (χ4n) is 1.42. The summed E-state index contributed by atoms with van der Waals surface area (Å²) < 4.78 is 5.52. The number of urea groups is 1. The van der Waals surface area contributed by atoms with Crippen LogP contribution in [-0.2, 0) is 0 Å². The first-order chi connectivity index (χ1) is 9.02. The van der Waals surface area contributed by atoms with Crippen LogP contribution in [0.3, 0.4) is 0 Å². The van der Waals surface area contributed by atoms with E-state index in [-0.39, 0.29) is 12.1 Å². The Balaban J connectivity index is 2.23. The Morgan fingerprint density at radius 2 is 2.21 bits per heavy atom. The number of nitrogens with one attached hydrogen (secondary N) is 2. The first-order valence-electron chi connectivity index (χ1n) is 6.46. The Hall–Kier alpha value is -1.42. The zero-order valence-electron chi connectivity index (χ0n) is 11.6. The molecule has 0 saturated heterocycles. The molecule has 5 heteroatoms. The topological polar surface area (TPSA) is 50.4 Å². The van der Waals surface area contributed by atoms with Crippen molar-refractivity contribution in [1.29, 1.82) is 0 Å². The molecule has 2 N–H and O–H groups in total. The highest BCUT2D eigenvalue weighted by molar-refractivity contribution is 6.31. The van der Waals surface area contributed by atoms with Gasteiger partial charge in [0.1, 0.15) is 12.4 Å². The van der Waals surface area contributed by atoms with Crippen molar-refractivity contribution in [3.8, 4) is 5.75 Å². The van der Waals surface area contributed by atoms with Crippen molar-refractivity contribution < 1.29 is 9.53 Å². The molecule has 0 saturated carbocycles. The number of benzene rings is 1. The average molecular weight is 285 g/mol. The van der Waals surface area contributed by atoms with Gasteiger partial charge in [-0.1, -0.05) is 18.5 Å². The lowest BCUT2D eigenvalue weighted by atomic mass is 10.2. The van der Waals surface area contributed by atoms with Crippen LogP contribution in [0.25, 0.3) is 0 Å². The van der Waals surface area contributed by atoms with Gasteiger partial charge >= 0.3 is 6.03 Å². The smallest absolute Gasteiger partial charge is 0.315 e. The summed E-state index contributed by atoms with van der Waals surface area (Å²) in [5.41, 5.74) is 0.974. The van der Waals surface area contributed by atoms with E-state index in [0.717, 1.165) is 22.8 Å². The average Bonchev–Trinajstić information content (AvgIpc) is 2.38. The van der Waals surface area contributed by atoms with E-state index in [9.17, 15) is 4.79 Å². The van der Waals surface area contributed by atoms with Crippen molar-refractivity contribution in [2.75, 3.05) is 13.2 Å². The van der Waals surface area contributed by atoms with Gasteiger partial charge in [-0.05, 0) is 44.0 Å². The van der Waals surface area contributed by atoms with Crippen molar-refractivity contribution >= 4 is 17.6 Å². The van der Waals surface area contributed by atoms with Gasteiger partial charge in [0.25, 0.3) is 0 Å². The number of rotatable bonds is 6. The number of hydrogen-bond acceptors (Lipinski definition) is 2. The van der Waals surface area contributed by atoms with Crippen LogP contribution in [0.5, 0.6) is 5.75 Å². The second-order valence-electron chi connectivity index (χ2n) is 4.47. The zero-order chi connectivity index (χ0) is 14.3. The van der Waals surface area contributed by atoms with E-state index in [0.29, 0.717) is 13.2 Å². The van der Waals surface area contributed by atoms with Crippen molar-refractivity contribution in [3.63, 3.8) is 0 Å². The molecule has 1 aromatic carbocycles. The summed E-state index contributed by atoms with van der Waals surface area (Å²) in [6.45, 7) is 6.80. The predicted molar refractivity (Wildman–Crippen MR) is 78.0 cm³/mol. The molecule has 1 rings (SSSR count). The van der Waals surface area contributed by atoms with Crippen LogP contribution >= 0.6 is 11.6 Å². The van der Waals surface area contributed by atoms with Crippen molar-refractivity contribution in [2.45, 2.75) is 33.2 Å². The van der Waals surface area contributed by atoms with Crippen LogP contribution in [0.15, 0.2) is 18.2 Å². The summed E-state index contributed by atoms with van der Waals surface area (Å²) in [5.74, 6) is 0.756. The Bertz CT molecular complexity index is 424. The first kappa shape index (κ1) is 15.6. The molecular weight excluding hydrogens is 264 g/mol. The third-order valence-electron chi connectivity index (χ3n) is 2.78. The normalized spacial score (nSPS) is 11.8. The SMILES string of the molecule is CCC(C)NC(=O)NCCOc1ccc(Cl)c(C)c1. The highest BCUT2D eigenvalue weighted by atomic mass is 35.5. The van der Waals surface area contributed by atoms with Crippen molar-refractivity contribution in [3.05, 3.63) is 28.8 Å². The van der Waals surface area contributed by atoms with Crippen LogP contribution in [0, 0.1) is 6.92 Å². The van der Waals surface area contributed by atoms with Gasteiger partial charge in [-0.15, -0.1) is 0 Å². The van der Waals surface area contributed by atoms with Crippen LogP contribution in [0.1, 0.15) is 25.8 Å². The lowest BCUT2D eigenvalue weighted by molar-refractivity contribution is 0.233. The van der Waals surface area contributed by atoms with Gasteiger partial charge in [0.05, 0.1) is 6.54 Å². The molecule has 1 atom stereocenters. The summed E-state index contributed by atoms with van der Waals surface area (Å²) in [7, 11) is 0. The summed E-state index contributed by atoms with van der Waals surface area (Å²) >= 11 is 5.92. The Kier molecular flexibility index (Phi) is 6.50. The minimum Gasteiger partial charge on any atom is -0.492 e. The van der Waals surface area contributed by atoms with Gasteiger partial charge in [-0.2, -0.15) is 0 Å². The third-order valence-corrected chi connectivity index (χ3v) is 3.20. The molecule has 0 aromatic heterocycles. The molecule has 1 unspecified atom stereocenters. The molecule has 4 nitrogen and oxygen atoms in total. The van der Waals surface area contributed by atoms with Gasteiger partial charge in [-0.25, -0.2) is 4.79 Å². The molecule has 19 heavy (non-hydrogen) atoms. The van der Waals surface area contributed by atoms with E-state index in [1.54, 1.807) is 6.07 Å². The van der Waals surface area contributed by atoms with E-state index >= 15 is 0 Å². The molecular formula is C14H21ClN2O2. The van der Waals surface area contributed by atoms with E-state index in [2.05, 4.69) is 10.6 Å². The largest absolute Gasteiger partial charge is 0.492 e. The van der Waals surface area contributed by atoms with E-state index < -0.39 is 0 Å². The third kappa shape index (κ3) is 5.83. The van der Waals surface area contributed by atoms with Gasteiger partial charge in [0.2, 0.25) is 0 Å². The van der Waals surface area contributed by atoms with Gasteiger partial charge in [0, 0.05) is 11.1 Å². The Labute approximate surface area is 119 Å². The lowest BCUT2D eigenvalue weighted by Gasteiger charge is -2.13. The minimum absolute atomic E-state index is 0.162. The zero-order valence-corrected chi connectivity index (χ0v) is 12.4. The second-order valence-corrected chi connectivity index (χ2v) is 4.88. The highest BCUT2D eigenvalue weighted by Crippen LogP contribution is 2.20. The number of carbonyl (C=O) groups is 1. The fourth-order valence-corrected chi connectivity index (χ4v) is 1.53. The summed E-state index contributed by atoms with van der Waals surface area (Å²) in [4.78, 5) is 11.4. The summed E-state index contributed by atoms with van der Waals surface area (Å²) in [6.07, 6.45) is 0.911. The quantitative estimate of drug-likeness (QED) is 0.789. The molecule has 0 aliphatic rings. The van der Waals surface area contributed by atoms with Crippen LogP contribution in [-0.4, -0.2) is 25.2 Å². The Morgan fingerprint density at radius 3 is 2.84 bits per heavy atom. The fraction of sp³-hybridized carbons (Fsp3) is 0.500. The van der Waals surface area contributed by atoms with E-state index in [1.807, 2.05) is 32.9 Å². The maximum absolute atomic E-state index is 11.4. The highest BCUT2D eigenvalue weighted by Gasteiger charge is 2.04. The lowest BCUT2D eigenvalue weighted by Crippen LogP contribution is -2.41. The number of halogens is 1. The summed E-state index contributed by atoms with van der Waals surface area (Å²) in [5, 5.41) is 6.29. The molecule has 0 aliphatic heterocycles. The van der Waals surface area contributed by atoms with Gasteiger partial charge in [-0.3, -0.25) is 0 Å². The van der Waals surface area contributed by atoms with E-state index in [4.69, 9.17) is 16.3 Å². The molecule has 0 aliphatic carbocycles. The number of amides is 2. The number of carbonyl (C=O) groups excluding carboxylic acids is 1. The number of hydrogen-bond donors (Lipinski definition) is 2. The number of ether oxygens (including phenoxy) is 1. The van der Waals surface area contributed by atoms with Crippen molar-refractivity contribution in [1.82, 2.24) is 10.6 Å². The van der Waals surface area contributed by atoms with Gasteiger partial charge < -0.3 is 15.4 Å². The predicted octanol–water partition coefficient (Wildman–Crippen LogP) is 3.12. The molecule has 0 heterocycles. The molecule has 0 fully saturated rings. The van der Waals surface area contributed by atoms with Crippen LogP contribution in [0.4, 0.5) is 4.79 Å². The molecule has 2 amide bonds. The number of aryl methyl sites for hydroxylation is 1. The molecule has 0 bridgehead atoms. The molecule has 0 radical (unpaired) electrons. The van der Waals surface area contributed by atoms with Gasteiger partial charge in [0.15, 0.2) is 0 Å².